The standard InChI is InChI=1S/C18H26ClN3O/c19-17-8-4-1-5-15(17)13-21-9-11-22(12-10-21)14-18(23)20-16-6-2-3-7-16/h1,4-5,8,16H,2-3,6-7,9-14H2,(H,20,23). The highest BCUT2D eigenvalue weighted by molar-refractivity contribution is 6.31. The number of carbonyl (C=O) groups is 1. The van der Waals surface area contributed by atoms with Crippen molar-refractivity contribution < 1.29 is 4.79 Å². The molecule has 1 aromatic carbocycles. The zero-order valence-electron chi connectivity index (χ0n) is 13.6. The molecule has 0 bridgehead atoms. The number of piperazine rings is 1. The van der Waals surface area contributed by atoms with Crippen molar-refractivity contribution in [3.63, 3.8) is 0 Å². The third-order valence-electron chi connectivity index (χ3n) is 4.90. The van der Waals surface area contributed by atoms with E-state index in [2.05, 4.69) is 21.2 Å². The van der Waals surface area contributed by atoms with Crippen molar-refractivity contribution in [1.82, 2.24) is 15.1 Å². The number of hydrogen-bond donors (Lipinski definition) is 1. The number of halogens is 1. The smallest absolute Gasteiger partial charge is 0.234 e. The molecule has 1 amide bonds. The van der Waals surface area contributed by atoms with Gasteiger partial charge in [0, 0.05) is 43.8 Å². The van der Waals surface area contributed by atoms with Gasteiger partial charge in [0.2, 0.25) is 5.91 Å². The Balaban J connectivity index is 1.40. The lowest BCUT2D eigenvalue weighted by Gasteiger charge is -2.34. The minimum absolute atomic E-state index is 0.191. The molecule has 1 heterocycles. The molecule has 1 aliphatic heterocycles. The van der Waals surface area contributed by atoms with E-state index in [1.165, 1.54) is 18.4 Å². The molecular weight excluding hydrogens is 310 g/mol. The van der Waals surface area contributed by atoms with E-state index in [1.807, 2.05) is 18.2 Å². The second-order valence-corrected chi connectivity index (χ2v) is 7.10. The van der Waals surface area contributed by atoms with Crippen LogP contribution < -0.4 is 5.32 Å². The van der Waals surface area contributed by atoms with Gasteiger partial charge in [0.05, 0.1) is 6.54 Å². The quantitative estimate of drug-likeness (QED) is 0.898. The maximum absolute atomic E-state index is 12.1. The van der Waals surface area contributed by atoms with Gasteiger partial charge in [0.15, 0.2) is 0 Å². The molecule has 1 aromatic rings. The van der Waals surface area contributed by atoms with E-state index in [9.17, 15) is 4.79 Å². The van der Waals surface area contributed by atoms with Gasteiger partial charge in [0.25, 0.3) is 0 Å². The lowest BCUT2D eigenvalue weighted by molar-refractivity contribution is -0.123. The van der Waals surface area contributed by atoms with Crippen LogP contribution in [0.15, 0.2) is 24.3 Å². The average molecular weight is 336 g/mol. The zero-order valence-corrected chi connectivity index (χ0v) is 14.4. The summed E-state index contributed by atoms with van der Waals surface area (Å²) in [6.45, 7) is 5.30. The molecule has 1 saturated carbocycles. The van der Waals surface area contributed by atoms with Crippen molar-refractivity contribution in [1.29, 1.82) is 0 Å². The van der Waals surface area contributed by atoms with Crippen LogP contribution in [0.3, 0.4) is 0 Å². The van der Waals surface area contributed by atoms with Crippen LogP contribution in [0, 0.1) is 0 Å². The third-order valence-corrected chi connectivity index (χ3v) is 5.27. The number of hydrogen-bond acceptors (Lipinski definition) is 3. The van der Waals surface area contributed by atoms with Gasteiger partial charge in [-0.2, -0.15) is 0 Å². The summed E-state index contributed by atoms with van der Waals surface area (Å²) < 4.78 is 0. The van der Waals surface area contributed by atoms with Crippen LogP contribution in [0.1, 0.15) is 31.2 Å². The molecule has 0 radical (unpaired) electrons. The molecule has 5 heteroatoms. The van der Waals surface area contributed by atoms with E-state index in [4.69, 9.17) is 11.6 Å². The first-order chi connectivity index (χ1) is 11.2. The van der Waals surface area contributed by atoms with Crippen molar-refractivity contribution in [2.24, 2.45) is 0 Å². The molecule has 2 aliphatic rings. The fourth-order valence-electron chi connectivity index (χ4n) is 3.52. The van der Waals surface area contributed by atoms with Crippen LogP contribution >= 0.6 is 11.6 Å². The second-order valence-electron chi connectivity index (χ2n) is 6.69. The molecule has 0 unspecified atom stereocenters. The van der Waals surface area contributed by atoms with Gasteiger partial charge >= 0.3 is 0 Å². The van der Waals surface area contributed by atoms with E-state index in [-0.39, 0.29) is 5.91 Å². The van der Waals surface area contributed by atoms with Gasteiger partial charge < -0.3 is 5.32 Å². The summed E-state index contributed by atoms with van der Waals surface area (Å²) in [7, 11) is 0. The predicted molar refractivity (Wildman–Crippen MR) is 93.6 cm³/mol. The maximum Gasteiger partial charge on any atom is 0.234 e. The predicted octanol–water partition coefficient (Wildman–Crippen LogP) is 2.52. The second kappa shape index (κ2) is 8.13. The molecule has 1 aliphatic carbocycles. The van der Waals surface area contributed by atoms with Crippen molar-refractivity contribution in [2.75, 3.05) is 32.7 Å². The van der Waals surface area contributed by atoms with Crippen LogP contribution in [0.4, 0.5) is 0 Å². The largest absolute Gasteiger partial charge is 0.352 e. The number of benzene rings is 1. The van der Waals surface area contributed by atoms with Crippen molar-refractivity contribution >= 4 is 17.5 Å². The van der Waals surface area contributed by atoms with Gasteiger partial charge in [-0.05, 0) is 24.5 Å². The first-order valence-electron chi connectivity index (χ1n) is 8.68. The molecule has 2 fully saturated rings. The first-order valence-corrected chi connectivity index (χ1v) is 9.06. The van der Waals surface area contributed by atoms with Gasteiger partial charge in [-0.3, -0.25) is 14.6 Å². The third kappa shape index (κ3) is 4.93. The first kappa shape index (κ1) is 16.7. The fourth-order valence-corrected chi connectivity index (χ4v) is 3.72. The molecule has 4 nitrogen and oxygen atoms in total. The zero-order chi connectivity index (χ0) is 16.1. The van der Waals surface area contributed by atoms with Crippen molar-refractivity contribution in [2.45, 2.75) is 38.3 Å². The summed E-state index contributed by atoms with van der Waals surface area (Å²) in [4.78, 5) is 16.8. The molecule has 126 valence electrons. The van der Waals surface area contributed by atoms with Crippen molar-refractivity contribution in [3.8, 4) is 0 Å². The van der Waals surface area contributed by atoms with Crippen LogP contribution in [0.2, 0.25) is 5.02 Å². The Morgan fingerprint density at radius 3 is 2.43 bits per heavy atom. The highest BCUT2D eigenvalue weighted by atomic mass is 35.5. The monoisotopic (exact) mass is 335 g/mol. The van der Waals surface area contributed by atoms with Crippen LogP contribution in [0.25, 0.3) is 0 Å². The molecule has 3 rings (SSSR count). The topological polar surface area (TPSA) is 35.6 Å². The van der Waals surface area contributed by atoms with E-state index < -0.39 is 0 Å². The Kier molecular flexibility index (Phi) is 5.92. The van der Waals surface area contributed by atoms with Crippen LogP contribution in [-0.4, -0.2) is 54.5 Å². The maximum atomic E-state index is 12.1. The highest BCUT2D eigenvalue weighted by Crippen LogP contribution is 2.19. The molecule has 0 atom stereocenters. The average Bonchev–Trinajstić information content (AvgIpc) is 3.04. The van der Waals surface area contributed by atoms with E-state index in [0.29, 0.717) is 12.6 Å². The summed E-state index contributed by atoms with van der Waals surface area (Å²) in [5.74, 6) is 0.191. The molecule has 1 N–H and O–H groups in total. The fraction of sp³-hybridized carbons (Fsp3) is 0.611. The Morgan fingerprint density at radius 2 is 1.74 bits per heavy atom. The normalized spacial score (nSPS) is 20.7. The lowest BCUT2D eigenvalue weighted by Crippen LogP contribution is -2.50. The minimum Gasteiger partial charge on any atom is -0.352 e. The van der Waals surface area contributed by atoms with Crippen LogP contribution in [0.5, 0.6) is 0 Å². The number of nitrogens with one attached hydrogen (secondary N) is 1. The number of nitrogens with zero attached hydrogens (tertiary/aromatic N) is 2. The number of carbonyl (C=O) groups excluding carboxylic acids is 1. The SMILES string of the molecule is O=C(CN1CCN(Cc2ccccc2Cl)CC1)NC1CCCC1. The Bertz CT molecular complexity index is 523. The molecule has 0 aromatic heterocycles. The highest BCUT2D eigenvalue weighted by Gasteiger charge is 2.22. The lowest BCUT2D eigenvalue weighted by atomic mass is 10.2. The van der Waals surface area contributed by atoms with Gasteiger partial charge in [0.1, 0.15) is 0 Å². The summed E-state index contributed by atoms with van der Waals surface area (Å²) in [5.41, 5.74) is 1.18. The number of rotatable bonds is 5. The summed E-state index contributed by atoms with van der Waals surface area (Å²) in [6.07, 6.45) is 4.81. The van der Waals surface area contributed by atoms with E-state index in [1.54, 1.807) is 0 Å². The summed E-state index contributed by atoms with van der Waals surface area (Å²) >= 11 is 6.23. The van der Waals surface area contributed by atoms with E-state index >= 15 is 0 Å². The molecule has 1 saturated heterocycles. The Labute approximate surface area is 143 Å². The van der Waals surface area contributed by atoms with Crippen molar-refractivity contribution in [3.05, 3.63) is 34.9 Å². The van der Waals surface area contributed by atoms with Crippen LogP contribution in [-0.2, 0) is 11.3 Å². The molecule has 23 heavy (non-hydrogen) atoms. The summed E-state index contributed by atoms with van der Waals surface area (Å²) in [6, 6.07) is 8.45. The van der Waals surface area contributed by atoms with Gasteiger partial charge in [-0.1, -0.05) is 42.6 Å². The molecular formula is C18H26ClN3O. The van der Waals surface area contributed by atoms with Gasteiger partial charge in [-0.15, -0.1) is 0 Å². The summed E-state index contributed by atoms with van der Waals surface area (Å²) in [5, 5.41) is 4.01. The number of amides is 1. The molecule has 0 spiro atoms. The van der Waals surface area contributed by atoms with Gasteiger partial charge in [-0.25, -0.2) is 0 Å². The Hall–Kier alpha value is -1.10. The Morgan fingerprint density at radius 1 is 1.09 bits per heavy atom. The van der Waals surface area contributed by atoms with E-state index in [0.717, 1.165) is 50.6 Å². The minimum atomic E-state index is 0.191.